The zero-order chi connectivity index (χ0) is 76.5. The summed E-state index contributed by atoms with van der Waals surface area (Å²) in [4.78, 5) is 9.62. The van der Waals surface area contributed by atoms with Crippen LogP contribution in [0.15, 0.2) is 158 Å². The van der Waals surface area contributed by atoms with E-state index < -0.39 is 11.6 Å². The average molecular weight is 1520 g/mol. The molecule has 0 saturated carbocycles. The first-order valence-corrected chi connectivity index (χ1v) is 38.8. The molecule has 4 aliphatic heterocycles. The van der Waals surface area contributed by atoms with Crippen LogP contribution in [0.2, 0.25) is 20.1 Å². The smallest absolute Gasteiger partial charge is 0.166 e. The van der Waals surface area contributed by atoms with Gasteiger partial charge in [0.25, 0.3) is 0 Å². The van der Waals surface area contributed by atoms with Crippen molar-refractivity contribution in [3.05, 3.63) is 268 Å². The molecule has 0 saturated heterocycles. The van der Waals surface area contributed by atoms with Gasteiger partial charge in [-0.2, -0.15) is 0 Å². The number of hydrogen-bond donors (Lipinski definition) is 0. The van der Waals surface area contributed by atoms with Gasteiger partial charge in [-0.3, -0.25) is 28.7 Å². The molecule has 4 aromatic heterocycles. The second-order valence-electron chi connectivity index (χ2n) is 29.2. The third-order valence-electron chi connectivity index (χ3n) is 22.4. The maximum atomic E-state index is 14.0. The number of halogens is 6. The number of hydrogen-bond acceptors (Lipinski definition) is 6. The summed E-state index contributed by atoms with van der Waals surface area (Å²) in [6, 6.07) is 59.2. The molecule has 0 amide bonds. The van der Waals surface area contributed by atoms with E-state index in [0.29, 0.717) is 23.2 Å². The Morgan fingerprint density at radius 1 is 0.426 bits per heavy atom. The van der Waals surface area contributed by atoms with Crippen molar-refractivity contribution in [2.45, 2.75) is 118 Å². The Morgan fingerprint density at radius 3 is 1.20 bits per heavy atom. The van der Waals surface area contributed by atoms with Gasteiger partial charge in [-0.25, -0.2) is 8.78 Å². The highest BCUT2D eigenvalue weighted by molar-refractivity contribution is 6.32. The van der Waals surface area contributed by atoms with Crippen LogP contribution in [0.4, 0.5) is 8.78 Å². The van der Waals surface area contributed by atoms with Crippen LogP contribution in [-0.2, 0) is 25.7 Å². The third kappa shape index (κ3) is 15.6. The van der Waals surface area contributed by atoms with E-state index in [-0.39, 0.29) is 23.6 Å². The van der Waals surface area contributed by atoms with E-state index in [0.717, 1.165) is 107 Å². The summed E-state index contributed by atoms with van der Waals surface area (Å²) in [6.45, 7) is 21.9. The molecule has 8 heterocycles. The summed E-state index contributed by atoms with van der Waals surface area (Å²) in [5.41, 5.74) is 24.4. The first-order chi connectivity index (χ1) is 52.0. The van der Waals surface area contributed by atoms with Gasteiger partial charge in [0.05, 0.1) is 59.8 Å². The van der Waals surface area contributed by atoms with Crippen molar-refractivity contribution >= 4 is 114 Å². The Morgan fingerprint density at radius 2 is 0.778 bits per heavy atom. The lowest BCUT2D eigenvalue weighted by molar-refractivity contribution is 0.219. The number of fused-ring (bicyclic) bond motifs is 12. The lowest BCUT2D eigenvalue weighted by Gasteiger charge is -2.33. The highest BCUT2D eigenvalue weighted by Gasteiger charge is 2.33. The quantitative estimate of drug-likeness (QED) is 0.141. The molecule has 0 aliphatic carbocycles. The number of likely N-dealkylation sites (N-methyl/N-ethyl adjacent to an activating group) is 4. The molecule has 0 bridgehead atoms. The lowest BCUT2D eigenvalue weighted by Crippen LogP contribution is -2.32. The van der Waals surface area contributed by atoms with E-state index in [2.05, 4.69) is 214 Å². The molecular weight excluding hydrogens is 1430 g/mol. The third-order valence-corrected chi connectivity index (χ3v) is 23.3. The second kappa shape index (κ2) is 33.1. The number of allylic oxidation sites excluding steroid dienone is 2. The van der Waals surface area contributed by atoms with Crippen molar-refractivity contribution in [1.29, 1.82) is 0 Å². The number of methoxy groups -OCH3 is 2. The molecule has 0 radical (unpaired) electrons. The van der Waals surface area contributed by atoms with Gasteiger partial charge in [0, 0.05) is 127 Å². The van der Waals surface area contributed by atoms with Gasteiger partial charge in [0.2, 0.25) is 0 Å². The fourth-order valence-electron chi connectivity index (χ4n) is 16.3. The van der Waals surface area contributed by atoms with E-state index in [1.807, 2.05) is 65.2 Å². The molecule has 4 unspecified atom stereocenters. The highest BCUT2D eigenvalue weighted by Crippen LogP contribution is 2.43. The van der Waals surface area contributed by atoms with Gasteiger partial charge >= 0.3 is 0 Å². The molecule has 16 rings (SSSR count). The molecule has 10 nitrogen and oxygen atoms in total. The van der Waals surface area contributed by atoms with Crippen LogP contribution in [0.5, 0.6) is 11.5 Å². The Labute approximate surface area is 655 Å². The molecule has 0 fully saturated rings. The van der Waals surface area contributed by atoms with E-state index in [4.69, 9.17) is 55.9 Å². The summed E-state index contributed by atoms with van der Waals surface area (Å²) in [5.74, 6) is 5.83. The van der Waals surface area contributed by atoms with Crippen LogP contribution in [-0.4, -0.2) is 106 Å². The SMILES string of the molecule is C/C(=C\n1c2c(c3cc(C)ccc31)CCN(C)C2C)c1ccc(Cl)cc1.CCC1c2c(c3cc(C)ccc3n2/C=C(\C)c2ccc(Cl)cc2)CCN1C.CCC1c2c(c3cc(Cl)ccc3n2C#Cc2ccc(OC)c(F)c2)CCN1C.COc1ccc(C#Cn2c3c(c4cc(Cl)ccc42)CCN(C)C3C)cc1F. The average Bonchev–Trinajstić information content (AvgIpc) is 1.61. The molecule has 4 atom stereocenters. The van der Waals surface area contributed by atoms with Gasteiger partial charge in [0.1, 0.15) is 0 Å². The van der Waals surface area contributed by atoms with Crippen LogP contribution in [0, 0.1) is 49.4 Å². The normalized spacial score (nSPS) is 17.4. The number of benzene rings is 8. The van der Waals surface area contributed by atoms with Crippen molar-refractivity contribution < 1.29 is 18.3 Å². The summed E-state index contributed by atoms with van der Waals surface area (Å²) >= 11 is 24.6. The zero-order valence-corrected chi connectivity index (χ0v) is 67.2. The predicted octanol–water partition coefficient (Wildman–Crippen LogP) is 22.8. The molecule has 16 heteroatoms. The zero-order valence-electron chi connectivity index (χ0n) is 64.2. The van der Waals surface area contributed by atoms with Crippen molar-refractivity contribution in [3.8, 4) is 35.4 Å². The Balaban J connectivity index is 0.000000127. The van der Waals surface area contributed by atoms with E-state index in [1.54, 1.807) is 24.3 Å². The number of aryl methyl sites for hydroxylation is 2. The molecule has 4 aliphatic rings. The monoisotopic (exact) mass is 1520 g/mol. The second-order valence-corrected chi connectivity index (χ2v) is 30.9. The lowest BCUT2D eigenvalue weighted by atomic mass is 9.96. The van der Waals surface area contributed by atoms with Gasteiger partial charge in [-0.15, -0.1) is 0 Å². The summed E-state index contributed by atoms with van der Waals surface area (Å²) in [6.07, 6.45) is 10.8. The summed E-state index contributed by atoms with van der Waals surface area (Å²) < 4.78 is 46.9. The first kappa shape index (κ1) is 77.1. The van der Waals surface area contributed by atoms with Crippen LogP contribution in [0.1, 0.15) is 157 Å². The van der Waals surface area contributed by atoms with Crippen molar-refractivity contribution in [2.75, 3.05) is 68.6 Å². The number of ether oxygens (including phenoxy) is 2. The van der Waals surface area contributed by atoms with E-state index in [9.17, 15) is 8.78 Å². The molecule has 108 heavy (non-hydrogen) atoms. The molecule has 556 valence electrons. The van der Waals surface area contributed by atoms with Crippen LogP contribution in [0.25, 0.3) is 67.2 Å². The molecular formula is C92H94Cl4F2N8O2. The topological polar surface area (TPSA) is 51.1 Å². The molecule has 0 N–H and O–H groups in total. The van der Waals surface area contributed by atoms with Crippen molar-refractivity contribution in [1.82, 2.24) is 37.9 Å². The Bertz CT molecular complexity index is 5580. The molecule has 0 spiro atoms. The fraction of sp³-hybridized carbons (Fsp3) is 0.304. The predicted molar refractivity (Wildman–Crippen MR) is 449 cm³/mol. The van der Waals surface area contributed by atoms with E-state index >= 15 is 0 Å². The van der Waals surface area contributed by atoms with Crippen molar-refractivity contribution in [3.63, 3.8) is 0 Å². The van der Waals surface area contributed by atoms with Gasteiger partial charge < -0.3 is 18.6 Å². The highest BCUT2D eigenvalue weighted by atomic mass is 35.5. The van der Waals surface area contributed by atoms with Crippen LogP contribution in [0.3, 0.4) is 0 Å². The number of aromatic nitrogens is 4. The van der Waals surface area contributed by atoms with Crippen LogP contribution < -0.4 is 9.47 Å². The molecule has 12 aromatic rings. The fourth-order valence-corrected chi connectivity index (χ4v) is 16.9. The Kier molecular flexibility index (Phi) is 23.6. The molecule has 8 aromatic carbocycles. The standard InChI is InChI=1S/C24H27ClN2.C23H22ClFN2O.C23H25ClN2.C22H20ClFN2O/c1-5-22-24-20(12-13-26(22)4)21-14-16(2)6-11-23(21)27(24)15-17(3)18-7-9-19(25)10-8-18;1-4-20-23-17(10-11-26(20)2)18-14-16(24)6-7-21(18)27(23)12-9-15-5-8-22(28-3)19(25)13-15;1-15-5-10-22-21(13-15)20-11-12-25(4)17(3)23(20)26(22)14-16(2)18-6-8-19(24)9-7-18;1-14-22-17(9-10-25(14)2)18-13-16(23)5-6-20(18)26(22)11-8-15-4-7-21(27-3)19(24)12-15/h6-11,14-15,22H,5,12-13H2,1-4H3;5-8,13-14,20H,4,10-11H2,1-3H3;5-10,13-14,17H,11-12H2,1-4H3;4-7,12-14H,9-10H2,1-3H3/b17-15+;;16-14+;. The first-order valence-electron chi connectivity index (χ1n) is 37.3. The minimum Gasteiger partial charge on any atom is -0.494 e. The Hall–Kier alpha value is -9.02. The maximum absolute atomic E-state index is 14.0. The van der Waals surface area contributed by atoms with Gasteiger partial charge in [-0.1, -0.05) is 108 Å². The van der Waals surface area contributed by atoms with Gasteiger partial charge in [0.15, 0.2) is 23.1 Å². The maximum Gasteiger partial charge on any atom is 0.166 e. The van der Waals surface area contributed by atoms with Crippen molar-refractivity contribution in [2.24, 2.45) is 0 Å². The minimum absolute atomic E-state index is 0.217. The minimum atomic E-state index is -0.413. The largest absolute Gasteiger partial charge is 0.494 e. The summed E-state index contributed by atoms with van der Waals surface area (Å²) in [7, 11) is 11.6. The van der Waals surface area contributed by atoms with Gasteiger partial charge in [-0.05, 0) is 286 Å². The number of rotatable bonds is 8. The van der Waals surface area contributed by atoms with Crippen LogP contribution >= 0.6 is 46.4 Å². The van der Waals surface area contributed by atoms with E-state index in [1.165, 1.54) is 127 Å². The summed E-state index contributed by atoms with van der Waals surface area (Å²) in [5, 5.41) is 8.12. The number of nitrogens with zero attached hydrogens (tertiary/aromatic N) is 8.